The third-order valence-corrected chi connectivity index (χ3v) is 5.89. The molecule has 0 bridgehead atoms. The summed E-state index contributed by atoms with van der Waals surface area (Å²) in [7, 11) is 0. The van der Waals surface area contributed by atoms with Crippen molar-refractivity contribution in [3.8, 4) is 0 Å². The number of ketones is 1. The van der Waals surface area contributed by atoms with E-state index in [0.29, 0.717) is 21.5 Å². The van der Waals surface area contributed by atoms with Gasteiger partial charge in [-0.05, 0) is 18.6 Å². The number of amides is 1. The zero-order chi connectivity index (χ0) is 19.1. The Labute approximate surface area is 162 Å². The van der Waals surface area contributed by atoms with Gasteiger partial charge in [-0.2, -0.15) is 0 Å². The maximum Gasteiger partial charge on any atom is 0.238 e. The molecule has 3 rings (SSSR count). The third kappa shape index (κ3) is 3.64. The molecule has 0 aliphatic carbocycles. The standard InChI is InChI=1S/C20H21ClN2O2S/c1-12-13-7-5-6-8-14(13)22-15(19(12)21)10-23-17(25)11-26-18(23)9-16(24)20(2,3)4/h5-9H,10-11H2,1-4H3/b18-9-. The number of aromatic nitrogens is 1. The minimum atomic E-state index is -0.486. The normalized spacial score (nSPS) is 16.7. The lowest BCUT2D eigenvalue weighted by Gasteiger charge is -2.20. The zero-order valence-electron chi connectivity index (χ0n) is 15.3. The average Bonchev–Trinajstić information content (AvgIpc) is 2.92. The van der Waals surface area contributed by atoms with Crippen LogP contribution in [0.4, 0.5) is 0 Å². The van der Waals surface area contributed by atoms with Crippen LogP contribution in [0.1, 0.15) is 32.0 Å². The smallest absolute Gasteiger partial charge is 0.238 e. The molecule has 1 fully saturated rings. The fraction of sp³-hybridized carbons (Fsp3) is 0.350. The number of hydrogen-bond donors (Lipinski definition) is 0. The van der Waals surface area contributed by atoms with Crippen LogP contribution < -0.4 is 0 Å². The van der Waals surface area contributed by atoms with E-state index < -0.39 is 5.41 Å². The highest BCUT2D eigenvalue weighted by molar-refractivity contribution is 8.04. The van der Waals surface area contributed by atoms with Crippen molar-refractivity contribution in [2.45, 2.75) is 34.2 Å². The predicted octanol–water partition coefficient (Wildman–Crippen LogP) is 4.73. The number of fused-ring (bicyclic) bond motifs is 1. The van der Waals surface area contributed by atoms with Crippen LogP contribution in [-0.4, -0.2) is 27.3 Å². The number of carbonyl (C=O) groups excluding carboxylic acids is 2. The molecule has 6 heteroatoms. The first-order chi connectivity index (χ1) is 12.2. The van der Waals surface area contributed by atoms with Crippen molar-refractivity contribution in [1.29, 1.82) is 0 Å². The number of hydrogen-bond acceptors (Lipinski definition) is 4. The number of allylic oxidation sites excluding steroid dienone is 1. The summed E-state index contributed by atoms with van der Waals surface area (Å²) in [6, 6.07) is 7.80. The third-order valence-electron chi connectivity index (χ3n) is 4.36. The number of rotatable bonds is 3. The van der Waals surface area contributed by atoms with Crippen LogP contribution in [0.25, 0.3) is 10.9 Å². The summed E-state index contributed by atoms with van der Waals surface area (Å²) >= 11 is 7.91. The van der Waals surface area contributed by atoms with Gasteiger partial charge in [-0.15, -0.1) is 0 Å². The molecule has 0 unspecified atom stereocenters. The molecular weight excluding hydrogens is 368 g/mol. The van der Waals surface area contributed by atoms with E-state index in [1.54, 1.807) is 11.0 Å². The highest BCUT2D eigenvalue weighted by Crippen LogP contribution is 2.34. The van der Waals surface area contributed by atoms with E-state index in [0.717, 1.165) is 16.5 Å². The van der Waals surface area contributed by atoms with Gasteiger partial charge in [0, 0.05) is 16.9 Å². The van der Waals surface area contributed by atoms with Gasteiger partial charge in [-0.3, -0.25) is 14.5 Å². The summed E-state index contributed by atoms with van der Waals surface area (Å²) in [5.74, 6) is 0.285. The highest BCUT2D eigenvalue weighted by atomic mass is 35.5. The Kier molecular flexibility index (Phi) is 5.13. The molecule has 26 heavy (non-hydrogen) atoms. The van der Waals surface area contributed by atoms with Gasteiger partial charge in [0.2, 0.25) is 5.91 Å². The Morgan fingerprint density at radius 1 is 1.35 bits per heavy atom. The van der Waals surface area contributed by atoms with Crippen LogP contribution in [0.3, 0.4) is 0 Å². The topological polar surface area (TPSA) is 50.3 Å². The molecule has 1 aromatic heterocycles. The summed E-state index contributed by atoms with van der Waals surface area (Å²) in [5.41, 5.74) is 1.95. The van der Waals surface area contributed by atoms with E-state index in [4.69, 9.17) is 11.6 Å². The van der Waals surface area contributed by atoms with Gasteiger partial charge < -0.3 is 0 Å². The van der Waals surface area contributed by atoms with Gasteiger partial charge in [0.25, 0.3) is 0 Å². The van der Waals surface area contributed by atoms with Gasteiger partial charge in [0.05, 0.1) is 33.6 Å². The van der Waals surface area contributed by atoms with E-state index >= 15 is 0 Å². The lowest BCUT2D eigenvalue weighted by atomic mass is 9.91. The summed E-state index contributed by atoms with van der Waals surface area (Å²) in [6.07, 6.45) is 1.57. The first kappa shape index (κ1) is 18.9. The average molecular weight is 389 g/mol. The largest absolute Gasteiger partial charge is 0.300 e. The second kappa shape index (κ2) is 7.05. The minimum absolute atomic E-state index is 0.00607. The molecule has 4 nitrogen and oxygen atoms in total. The molecule has 0 N–H and O–H groups in total. The predicted molar refractivity (Wildman–Crippen MR) is 107 cm³/mol. The maximum absolute atomic E-state index is 12.4. The van der Waals surface area contributed by atoms with Crippen molar-refractivity contribution in [1.82, 2.24) is 9.88 Å². The summed E-state index contributed by atoms with van der Waals surface area (Å²) in [4.78, 5) is 31.0. The number of halogens is 1. The van der Waals surface area contributed by atoms with Crippen molar-refractivity contribution in [2.75, 3.05) is 5.75 Å². The SMILES string of the molecule is Cc1c(Cl)c(CN2C(=O)CS/C2=C\C(=O)C(C)(C)C)nc2ccccc12. The fourth-order valence-corrected chi connectivity index (χ4v) is 3.84. The Morgan fingerprint density at radius 2 is 2.04 bits per heavy atom. The van der Waals surface area contributed by atoms with Crippen LogP contribution in [0.5, 0.6) is 0 Å². The van der Waals surface area contributed by atoms with Crippen molar-refractivity contribution >= 4 is 46.0 Å². The van der Waals surface area contributed by atoms with Crippen LogP contribution in [-0.2, 0) is 16.1 Å². The van der Waals surface area contributed by atoms with Gasteiger partial charge in [0.15, 0.2) is 5.78 Å². The molecule has 0 radical (unpaired) electrons. The number of aryl methyl sites for hydroxylation is 1. The van der Waals surface area contributed by atoms with Gasteiger partial charge in [0.1, 0.15) is 0 Å². The molecule has 1 aliphatic rings. The molecule has 1 aromatic carbocycles. The van der Waals surface area contributed by atoms with E-state index in [1.165, 1.54) is 11.8 Å². The number of benzene rings is 1. The maximum atomic E-state index is 12.4. The number of pyridine rings is 1. The molecule has 1 aliphatic heterocycles. The molecule has 0 spiro atoms. The van der Waals surface area contributed by atoms with E-state index in [2.05, 4.69) is 4.98 Å². The Hall–Kier alpha value is -1.85. The zero-order valence-corrected chi connectivity index (χ0v) is 16.9. The fourth-order valence-electron chi connectivity index (χ4n) is 2.70. The van der Waals surface area contributed by atoms with Crippen molar-refractivity contribution < 1.29 is 9.59 Å². The monoisotopic (exact) mass is 388 g/mol. The summed E-state index contributed by atoms with van der Waals surface area (Å²) < 4.78 is 0. The van der Waals surface area contributed by atoms with Crippen molar-refractivity contribution in [3.05, 3.63) is 51.7 Å². The van der Waals surface area contributed by atoms with E-state index in [9.17, 15) is 9.59 Å². The Morgan fingerprint density at radius 3 is 2.73 bits per heavy atom. The van der Waals surface area contributed by atoms with Crippen LogP contribution in [0.15, 0.2) is 35.4 Å². The molecule has 2 heterocycles. The van der Waals surface area contributed by atoms with Crippen LogP contribution in [0.2, 0.25) is 5.02 Å². The quantitative estimate of drug-likeness (QED) is 0.713. The van der Waals surface area contributed by atoms with E-state index in [-0.39, 0.29) is 18.2 Å². The van der Waals surface area contributed by atoms with Gasteiger partial charge >= 0.3 is 0 Å². The second-order valence-electron chi connectivity index (χ2n) is 7.38. The number of para-hydroxylation sites is 1. The van der Waals surface area contributed by atoms with Crippen molar-refractivity contribution in [2.24, 2.45) is 5.41 Å². The second-order valence-corrected chi connectivity index (χ2v) is 8.75. The first-order valence-electron chi connectivity index (χ1n) is 8.41. The molecule has 0 atom stereocenters. The van der Waals surface area contributed by atoms with Crippen LogP contribution in [0, 0.1) is 12.3 Å². The highest BCUT2D eigenvalue weighted by Gasteiger charge is 2.30. The Bertz CT molecular complexity index is 931. The van der Waals surface area contributed by atoms with Crippen molar-refractivity contribution in [3.63, 3.8) is 0 Å². The lowest BCUT2D eigenvalue weighted by molar-refractivity contribution is -0.125. The molecule has 2 aromatic rings. The number of carbonyl (C=O) groups is 2. The molecular formula is C20H21ClN2O2S. The minimum Gasteiger partial charge on any atom is -0.300 e. The van der Waals surface area contributed by atoms with Gasteiger partial charge in [-0.1, -0.05) is 62.3 Å². The number of thioether (sulfide) groups is 1. The van der Waals surface area contributed by atoms with Gasteiger partial charge in [-0.25, -0.2) is 4.98 Å². The summed E-state index contributed by atoms with van der Waals surface area (Å²) in [5, 5.41) is 2.23. The Balaban J connectivity index is 1.97. The van der Waals surface area contributed by atoms with E-state index in [1.807, 2.05) is 52.0 Å². The molecule has 1 amide bonds. The molecule has 0 saturated carbocycles. The lowest BCUT2D eigenvalue weighted by Crippen LogP contribution is -2.26. The molecule has 136 valence electrons. The summed E-state index contributed by atoms with van der Waals surface area (Å²) in [6.45, 7) is 7.81. The van der Waals surface area contributed by atoms with Crippen LogP contribution >= 0.6 is 23.4 Å². The molecule has 1 saturated heterocycles. The first-order valence-corrected chi connectivity index (χ1v) is 9.78. The number of nitrogens with zero attached hydrogens (tertiary/aromatic N) is 2.